The lowest BCUT2D eigenvalue weighted by atomic mass is 9.92. The van der Waals surface area contributed by atoms with Crippen LogP contribution in [0.4, 0.5) is 5.69 Å². The van der Waals surface area contributed by atoms with Gasteiger partial charge >= 0.3 is 0 Å². The smallest absolute Gasteiger partial charge is 0.258 e. The third kappa shape index (κ3) is 2.38. The summed E-state index contributed by atoms with van der Waals surface area (Å²) in [4.78, 5) is 11.5. The molecule has 0 N–H and O–H groups in total. The van der Waals surface area contributed by atoms with Gasteiger partial charge in [0.15, 0.2) is 0 Å². The molecule has 142 valence electrons. The summed E-state index contributed by atoms with van der Waals surface area (Å²) in [7, 11) is 0. The van der Waals surface area contributed by atoms with Gasteiger partial charge in [-0.1, -0.05) is 66.7 Å². The molecule has 0 amide bonds. The number of nitrogens with zero attached hydrogens (tertiary/aromatic N) is 1. The zero-order chi connectivity index (χ0) is 20.2. The topological polar surface area (TPSA) is 43.1 Å². The van der Waals surface area contributed by atoms with Crippen molar-refractivity contribution < 1.29 is 4.92 Å². The summed E-state index contributed by atoms with van der Waals surface area (Å²) in [5.74, 6) is 0. The molecule has 0 spiro atoms. The van der Waals surface area contributed by atoms with E-state index in [1.54, 1.807) is 23.5 Å². The zero-order valence-corrected chi connectivity index (χ0v) is 16.6. The van der Waals surface area contributed by atoms with Crippen molar-refractivity contribution in [1.29, 1.82) is 0 Å². The van der Waals surface area contributed by atoms with Crippen LogP contribution in [0, 0.1) is 10.1 Å². The Bertz CT molecular complexity index is 1630. The lowest BCUT2D eigenvalue weighted by Crippen LogP contribution is -1.92. The molecule has 0 atom stereocenters. The Morgan fingerprint density at radius 2 is 1.40 bits per heavy atom. The average Bonchev–Trinajstić information content (AvgIpc) is 3.16. The van der Waals surface area contributed by atoms with Gasteiger partial charge in [0, 0.05) is 31.6 Å². The second-order valence-corrected chi connectivity index (χ2v) is 8.43. The number of nitro benzene ring substituents is 1. The second kappa shape index (κ2) is 6.37. The van der Waals surface area contributed by atoms with Gasteiger partial charge in [-0.15, -0.1) is 11.3 Å². The van der Waals surface area contributed by atoms with Crippen LogP contribution in [0.2, 0.25) is 0 Å². The van der Waals surface area contributed by atoms with Crippen molar-refractivity contribution in [1.82, 2.24) is 0 Å². The minimum atomic E-state index is -0.294. The van der Waals surface area contributed by atoms with Gasteiger partial charge in [0.05, 0.1) is 10.5 Å². The van der Waals surface area contributed by atoms with Gasteiger partial charge in [-0.05, 0) is 39.9 Å². The molecule has 0 aliphatic carbocycles. The molecule has 6 aromatic rings. The Morgan fingerprint density at radius 1 is 0.667 bits per heavy atom. The summed E-state index contributed by atoms with van der Waals surface area (Å²) in [6, 6.07) is 30.1. The lowest BCUT2D eigenvalue weighted by molar-refractivity contribution is -0.384. The van der Waals surface area contributed by atoms with Crippen LogP contribution in [-0.4, -0.2) is 4.92 Å². The van der Waals surface area contributed by atoms with E-state index in [9.17, 15) is 10.1 Å². The Labute approximate surface area is 176 Å². The summed E-state index contributed by atoms with van der Waals surface area (Å²) in [6.07, 6.45) is 0. The first-order chi connectivity index (χ1) is 14.7. The van der Waals surface area contributed by atoms with E-state index in [-0.39, 0.29) is 10.6 Å². The summed E-state index contributed by atoms with van der Waals surface area (Å²) in [6.45, 7) is 0. The molecular formula is C26H15NO2S. The standard InChI is InChI=1S/C26H15NO2S/c28-27(29)23-11-5-3-9-18(23)21-15-22-19-10-4-6-12-24(19)30-26(22)25-17-8-2-1-7-16(17)13-14-20(21)25/h1-15H. The monoisotopic (exact) mass is 405 g/mol. The molecular weight excluding hydrogens is 390 g/mol. The van der Waals surface area contributed by atoms with Crippen LogP contribution < -0.4 is 0 Å². The van der Waals surface area contributed by atoms with Crippen molar-refractivity contribution in [2.24, 2.45) is 0 Å². The minimum absolute atomic E-state index is 0.130. The maximum absolute atomic E-state index is 11.8. The van der Waals surface area contributed by atoms with Gasteiger partial charge in [-0.3, -0.25) is 10.1 Å². The number of nitro groups is 1. The van der Waals surface area contributed by atoms with E-state index < -0.39 is 0 Å². The molecule has 0 radical (unpaired) electrons. The van der Waals surface area contributed by atoms with E-state index in [0.29, 0.717) is 5.56 Å². The first-order valence-corrected chi connectivity index (χ1v) is 10.5. The first-order valence-electron chi connectivity index (χ1n) is 9.72. The van der Waals surface area contributed by atoms with E-state index >= 15 is 0 Å². The van der Waals surface area contributed by atoms with Crippen LogP contribution in [-0.2, 0) is 0 Å². The van der Waals surface area contributed by atoms with Crippen molar-refractivity contribution >= 4 is 58.7 Å². The van der Waals surface area contributed by atoms with Crippen molar-refractivity contribution in [2.45, 2.75) is 0 Å². The fourth-order valence-corrected chi connectivity index (χ4v) is 5.70. The largest absolute Gasteiger partial charge is 0.277 e. The molecule has 3 nitrogen and oxygen atoms in total. The minimum Gasteiger partial charge on any atom is -0.258 e. The quantitative estimate of drug-likeness (QED) is 0.167. The second-order valence-electron chi connectivity index (χ2n) is 7.38. The van der Waals surface area contributed by atoms with Gasteiger partial charge < -0.3 is 0 Å². The molecule has 0 aliphatic rings. The summed E-state index contributed by atoms with van der Waals surface area (Å²) in [5.41, 5.74) is 1.69. The molecule has 30 heavy (non-hydrogen) atoms. The zero-order valence-electron chi connectivity index (χ0n) is 15.8. The molecule has 0 bridgehead atoms. The molecule has 4 heteroatoms. The molecule has 0 fully saturated rings. The van der Waals surface area contributed by atoms with Crippen LogP contribution in [0.15, 0.2) is 91.0 Å². The van der Waals surface area contributed by atoms with Crippen molar-refractivity contribution in [3.05, 3.63) is 101 Å². The fraction of sp³-hybridized carbons (Fsp3) is 0. The first kappa shape index (κ1) is 17.1. The van der Waals surface area contributed by atoms with Crippen molar-refractivity contribution in [2.75, 3.05) is 0 Å². The number of rotatable bonds is 2. The predicted octanol–water partition coefficient (Wildman–Crippen LogP) is 7.94. The van der Waals surface area contributed by atoms with E-state index in [1.165, 1.54) is 30.9 Å². The van der Waals surface area contributed by atoms with Gasteiger partial charge in [-0.2, -0.15) is 0 Å². The molecule has 5 aromatic carbocycles. The highest BCUT2D eigenvalue weighted by atomic mass is 32.1. The van der Waals surface area contributed by atoms with E-state index in [2.05, 4.69) is 54.6 Å². The van der Waals surface area contributed by atoms with Crippen LogP contribution in [0.25, 0.3) is 52.8 Å². The van der Waals surface area contributed by atoms with E-state index in [0.717, 1.165) is 16.3 Å². The van der Waals surface area contributed by atoms with Gasteiger partial charge in [0.25, 0.3) is 5.69 Å². The van der Waals surface area contributed by atoms with Crippen LogP contribution in [0.3, 0.4) is 0 Å². The molecule has 0 saturated carbocycles. The molecule has 6 rings (SSSR count). The van der Waals surface area contributed by atoms with Gasteiger partial charge in [-0.25, -0.2) is 0 Å². The average molecular weight is 405 g/mol. The molecule has 0 unspecified atom stereocenters. The molecule has 1 aromatic heterocycles. The Kier molecular flexibility index (Phi) is 3.64. The Hall–Kier alpha value is -3.76. The van der Waals surface area contributed by atoms with Crippen LogP contribution in [0.5, 0.6) is 0 Å². The number of benzene rings is 5. The highest BCUT2D eigenvalue weighted by molar-refractivity contribution is 7.26. The molecule has 0 aliphatic heterocycles. The Balaban J connectivity index is 1.90. The number of hydrogen-bond donors (Lipinski definition) is 0. The maximum atomic E-state index is 11.8. The third-order valence-corrected chi connectivity index (χ3v) is 6.96. The normalized spacial score (nSPS) is 11.6. The highest BCUT2D eigenvalue weighted by Crippen LogP contribution is 2.46. The van der Waals surface area contributed by atoms with Crippen molar-refractivity contribution in [3.63, 3.8) is 0 Å². The predicted molar refractivity (Wildman–Crippen MR) is 126 cm³/mol. The fourth-order valence-electron chi connectivity index (χ4n) is 4.44. The number of para-hydroxylation sites is 1. The summed E-state index contributed by atoms with van der Waals surface area (Å²) >= 11 is 1.79. The summed E-state index contributed by atoms with van der Waals surface area (Å²) in [5, 5.41) is 18.7. The van der Waals surface area contributed by atoms with Gasteiger partial charge in [0.1, 0.15) is 0 Å². The van der Waals surface area contributed by atoms with E-state index in [4.69, 9.17) is 0 Å². The van der Waals surface area contributed by atoms with Crippen molar-refractivity contribution in [3.8, 4) is 11.1 Å². The van der Waals surface area contributed by atoms with E-state index in [1.807, 2.05) is 24.3 Å². The van der Waals surface area contributed by atoms with Crippen LogP contribution >= 0.6 is 11.3 Å². The Morgan fingerprint density at radius 3 is 2.27 bits per heavy atom. The van der Waals surface area contributed by atoms with Crippen LogP contribution in [0.1, 0.15) is 0 Å². The summed E-state index contributed by atoms with van der Waals surface area (Å²) < 4.78 is 2.45. The maximum Gasteiger partial charge on any atom is 0.277 e. The third-order valence-electron chi connectivity index (χ3n) is 5.76. The molecule has 0 saturated heterocycles. The molecule has 1 heterocycles. The number of thiophene rings is 1. The number of hydrogen-bond acceptors (Lipinski definition) is 3. The SMILES string of the molecule is O=[N+]([O-])c1ccccc1-c1cc2c3ccccc3sc2c2c1ccc1ccccc12. The lowest BCUT2D eigenvalue weighted by Gasteiger charge is -2.12. The highest BCUT2D eigenvalue weighted by Gasteiger charge is 2.20. The van der Waals surface area contributed by atoms with Gasteiger partial charge in [0.2, 0.25) is 0 Å². The number of fused-ring (bicyclic) bond motifs is 7.